The molecule has 1 aromatic carbocycles. The number of carbonyl (C=O) groups is 4. The van der Waals surface area contributed by atoms with Crippen molar-refractivity contribution in [1.82, 2.24) is 15.5 Å². The van der Waals surface area contributed by atoms with Crippen molar-refractivity contribution in [1.29, 1.82) is 0 Å². The molecule has 43 heavy (non-hydrogen) atoms. The number of hydrogen-bond donors (Lipinski definition) is 2. The summed E-state index contributed by atoms with van der Waals surface area (Å²) >= 11 is 0. The summed E-state index contributed by atoms with van der Waals surface area (Å²) in [6.07, 6.45) is 0.275. The van der Waals surface area contributed by atoms with E-state index in [1.54, 1.807) is 56.3 Å². The number of amides is 2. The Morgan fingerprint density at radius 1 is 0.977 bits per heavy atom. The number of halogens is 3. The summed E-state index contributed by atoms with van der Waals surface area (Å²) in [5.74, 6) is -2.95. The molecule has 8 nitrogen and oxygen atoms in total. The second-order valence-corrected chi connectivity index (χ2v) is 16.2. The molecule has 0 bridgehead atoms. The first-order valence-electron chi connectivity index (χ1n) is 13.9. The molecular formula is C31H48F3N3O5S. The third kappa shape index (κ3) is 9.82. The molecular weight excluding hydrogens is 583 g/mol. The number of likely N-dealkylation sites (N-methyl/N-ethyl adjacent to an activating group) is 2. The van der Waals surface area contributed by atoms with Crippen LogP contribution in [0.4, 0.5) is 13.2 Å². The topological polar surface area (TPSA) is 105 Å². The number of allylic oxidation sites excluding steroid dienone is 1. The number of nitrogens with zero attached hydrogens (tertiary/aromatic N) is 1. The molecule has 0 unspecified atom stereocenters. The van der Waals surface area contributed by atoms with Crippen molar-refractivity contribution >= 4 is 34.4 Å². The van der Waals surface area contributed by atoms with Crippen molar-refractivity contribution in [3.05, 3.63) is 41.5 Å². The van der Waals surface area contributed by atoms with Gasteiger partial charge in [0.25, 0.3) is 0 Å². The van der Waals surface area contributed by atoms with Gasteiger partial charge in [0, 0.05) is 29.9 Å². The van der Waals surface area contributed by atoms with E-state index in [2.05, 4.69) is 10.6 Å². The normalized spacial score (nSPS) is 15.8. The van der Waals surface area contributed by atoms with Crippen molar-refractivity contribution in [3.63, 3.8) is 0 Å². The fraction of sp³-hybridized carbons (Fsp3) is 0.613. The maximum Gasteiger partial charge on any atom is 0.491 e. The molecule has 0 saturated heterocycles. The van der Waals surface area contributed by atoms with E-state index in [1.807, 2.05) is 48.5 Å². The zero-order valence-corrected chi connectivity index (χ0v) is 28.1. The highest BCUT2D eigenvalue weighted by molar-refractivity contribution is 8.29. The molecule has 0 aliphatic heterocycles. The third-order valence-electron chi connectivity index (χ3n) is 7.45. The van der Waals surface area contributed by atoms with Gasteiger partial charge in [-0.1, -0.05) is 77.0 Å². The van der Waals surface area contributed by atoms with Gasteiger partial charge in [0.2, 0.25) is 11.8 Å². The fourth-order valence-electron chi connectivity index (χ4n) is 4.77. The Hall–Kier alpha value is -2.86. The van der Waals surface area contributed by atoms with E-state index in [9.17, 15) is 32.3 Å². The van der Waals surface area contributed by atoms with Crippen LogP contribution in [0.3, 0.4) is 0 Å². The first-order valence-corrected chi connectivity index (χ1v) is 16.3. The maximum atomic E-state index is 13.8. The molecule has 0 aliphatic rings. The molecule has 0 heterocycles. The van der Waals surface area contributed by atoms with Crippen molar-refractivity contribution in [2.45, 2.75) is 90.0 Å². The summed E-state index contributed by atoms with van der Waals surface area (Å²) in [4.78, 5) is 52.3. The highest BCUT2D eigenvalue weighted by Gasteiger charge is 2.44. The van der Waals surface area contributed by atoms with Gasteiger partial charge >= 0.3 is 12.1 Å². The van der Waals surface area contributed by atoms with Crippen LogP contribution in [-0.2, 0) is 28.8 Å². The predicted octanol–water partition coefficient (Wildman–Crippen LogP) is 5.15. The highest BCUT2D eigenvalue weighted by Crippen LogP contribution is 2.51. The third-order valence-corrected chi connectivity index (χ3v) is 9.43. The average Bonchev–Trinajstić information content (AvgIpc) is 2.88. The Bertz CT molecular complexity index is 1190. The maximum absolute atomic E-state index is 13.8. The van der Waals surface area contributed by atoms with E-state index < -0.39 is 51.3 Å². The van der Waals surface area contributed by atoms with Crippen LogP contribution in [0, 0.1) is 11.3 Å². The average molecular weight is 632 g/mol. The van der Waals surface area contributed by atoms with Gasteiger partial charge < -0.3 is 19.7 Å². The molecule has 0 aromatic heterocycles. The lowest BCUT2D eigenvalue weighted by Gasteiger charge is -2.40. The minimum Gasteiger partial charge on any atom is -0.405 e. The smallest absolute Gasteiger partial charge is 0.405 e. The molecule has 1 aromatic rings. The number of carbonyl (C=O) groups excluding carboxylic acids is 4. The molecule has 0 saturated carbocycles. The Labute approximate surface area is 255 Å². The van der Waals surface area contributed by atoms with E-state index in [0.717, 1.165) is 6.29 Å². The second kappa shape index (κ2) is 14.3. The van der Waals surface area contributed by atoms with Crippen molar-refractivity contribution < 1.29 is 36.5 Å². The summed E-state index contributed by atoms with van der Waals surface area (Å²) in [7, 11) is 0.737. The van der Waals surface area contributed by atoms with E-state index in [-0.39, 0.29) is 17.9 Å². The molecule has 0 spiro atoms. The Kier molecular flexibility index (Phi) is 12.7. The van der Waals surface area contributed by atoms with Crippen molar-refractivity contribution in [2.24, 2.45) is 11.3 Å². The molecule has 0 radical (unpaired) electrons. The van der Waals surface area contributed by atoms with Crippen LogP contribution in [0.25, 0.3) is 0 Å². The minimum absolute atomic E-state index is 0.0101. The van der Waals surface area contributed by atoms with Crippen LogP contribution < -0.4 is 10.6 Å². The molecule has 2 amide bonds. The predicted molar refractivity (Wildman–Crippen MR) is 165 cm³/mol. The number of aldehydes is 1. The van der Waals surface area contributed by atoms with Crippen LogP contribution in [0.1, 0.15) is 61.0 Å². The molecule has 1 rings (SSSR count). The highest BCUT2D eigenvalue weighted by atomic mass is 32.3. The van der Waals surface area contributed by atoms with Gasteiger partial charge in [0.05, 0.1) is 12.1 Å². The lowest BCUT2D eigenvalue weighted by atomic mass is 9.76. The number of rotatable bonds is 12. The summed E-state index contributed by atoms with van der Waals surface area (Å²) < 4.78 is 43.1. The first-order chi connectivity index (χ1) is 19.4. The molecule has 2 N–H and O–H groups in total. The van der Waals surface area contributed by atoms with Crippen molar-refractivity contribution in [3.8, 4) is 0 Å². The van der Waals surface area contributed by atoms with E-state index in [4.69, 9.17) is 4.18 Å². The Morgan fingerprint density at radius 2 is 1.49 bits per heavy atom. The summed E-state index contributed by atoms with van der Waals surface area (Å²) in [6, 6.07) is 4.52. The van der Waals surface area contributed by atoms with Gasteiger partial charge in [0.1, 0.15) is 12.3 Å². The molecule has 0 aliphatic carbocycles. The van der Waals surface area contributed by atoms with E-state index in [0.29, 0.717) is 16.0 Å². The lowest BCUT2D eigenvalue weighted by molar-refractivity contribution is -0.188. The molecule has 12 heteroatoms. The Balaban J connectivity index is 3.33. The van der Waals surface area contributed by atoms with Crippen LogP contribution in [0.15, 0.2) is 40.8 Å². The van der Waals surface area contributed by atoms with Gasteiger partial charge in [0.15, 0.2) is 0 Å². The summed E-state index contributed by atoms with van der Waals surface area (Å²) in [5, 5.41) is 6.01. The number of alkyl halides is 3. The molecule has 244 valence electrons. The van der Waals surface area contributed by atoms with Crippen molar-refractivity contribution in [2.75, 3.05) is 26.6 Å². The first kappa shape index (κ1) is 38.2. The zero-order valence-electron chi connectivity index (χ0n) is 27.3. The van der Waals surface area contributed by atoms with E-state index >= 15 is 0 Å². The molecule has 0 fully saturated rings. The fourth-order valence-corrected chi connectivity index (χ4v) is 6.13. The van der Waals surface area contributed by atoms with Gasteiger partial charge in [-0.15, -0.1) is 0 Å². The van der Waals surface area contributed by atoms with Crippen LogP contribution in [0.5, 0.6) is 0 Å². The SMILES string of the molecule is CN[C@H](C(=O)N[C@H](C(=O)N(C)[C@H](/C=C(\C)C=O)C(C)C)C(C)(C)C)C(C)(C)c1ccc(S(C)(C)OC(=O)C(F)(F)F)cc1. The number of benzene rings is 1. The van der Waals surface area contributed by atoms with Gasteiger partial charge in [-0.05, 0) is 48.6 Å². The second-order valence-electron chi connectivity index (χ2n) is 13.1. The lowest BCUT2D eigenvalue weighted by Crippen LogP contribution is -2.61. The minimum atomic E-state index is -5.10. The quantitative estimate of drug-likeness (QED) is 0.244. The van der Waals surface area contributed by atoms with Crippen LogP contribution in [-0.4, -0.2) is 79.9 Å². The monoisotopic (exact) mass is 631 g/mol. The number of hydrogen-bond acceptors (Lipinski definition) is 6. The van der Waals surface area contributed by atoms with Gasteiger partial charge in [-0.3, -0.25) is 14.4 Å². The Morgan fingerprint density at radius 3 is 1.88 bits per heavy atom. The number of nitrogens with one attached hydrogen (secondary N) is 2. The van der Waals surface area contributed by atoms with Crippen LogP contribution >= 0.6 is 10.3 Å². The van der Waals surface area contributed by atoms with Gasteiger partial charge in [-0.2, -0.15) is 13.2 Å². The zero-order chi connectivity index (χ0) is 33.7. The summed E-state index contributed by atoms with van der Waals surface area (Å²) in [6.45, 7) is 14.8. The molecule has 3 atom stereocenters. The largest absolute Gasteiger partial charge is 0.491 e. The standard InChI is InChI=1S/C31H48F3N3O5S/c1-19(2)23(17-20(3)18-38)37(10)27(40)25(29(4,5)6)36-26(39)24(35-9)30(7,8)21-13-15-22(16-14-21)43(11,12)42-28(41)31(32,33)34/h13-19,23-25,35H,1-12H3,(H,36,39)/b20-17+/t23-,24-,25-/m1/s1. The van der Waals surface area contributed by atoms with E-state index in [1.165, 1.54) is 12.5 Å². The van der Waals surface area contributed by atoms with Crippen LogP contribution in [0.2, 0.25) is 0 Å². The van der Waals surface area contributed by atoms with Gasteiger partial charge in [-0.25, -0.2) is 4.79 Å². The summed E-state index contributed by atoms with van der Waals surface area (Å²) in [5.41, 5.74) is -0.284.